The number of aliphatic carboxylic acids is 1. The van der Waals surface area contributed by atoms with Gasteiger partial charge in [-0.25, -0.2) is 4.79 Å². The predicted octanol–water partition coefficient (Wildman–Crippen LogP) is 4.26. The molecule has 2 aliphatic rings. The molecule has 1 fully saturated rings. The van der Waals surface area contributed by atoms with Crippen molar-refractivity contribution in [1.82, 2.24) is 10.2 Å². The molecule has 34 heavy (non-hydrogen) atoms. The van der Waals surface area contributed by atoms with Gasteiger partial charge in [0.15, 0.2) is 0 Å². The summed E-state index contributed by atoms with van der Waals surface area (Å²) in [5, 5.41) is 12.3. The highest BCUT2D eigenvalue weighted by atomic mass is 16.5. The second kappa shape index (κ2) is 9.49. The van der Waals surface area contributed by atoms with Crippen LogP contribution in [0.25, 0.3) is 11.1 Å². The molecule has 7 nitrogen and oxygen atoms in total. The largest absolute Gasteiger partial charge is 0.481 e. The van der Waals surface area contributed by atoms with Crippen molar-refractivity contribution in [1.29, 1.82) is 0 Å². The first-order chi connectivity index (χ1) is 16.2. The molecule has 2 atom stereocenters. The van der Waals surface area contributed by atoms with Gasteiger partial charge in [0.2, 0.25) is 5.91 Å². The number of benzene rings is 2. The maximum Gasteiger partial charge on any atom is 0.407 e. The minimum Gasteiger partial charge on any atom is -0.481 e. The lowest BCUT2D eigenvalue weighted by molar-refractivity contribution is -0.147. The summed E-state index contributed by atoms with van der Waals surface area (Å²) < 4.78 is 5.64. The Hall–Kier alpha value is -3.35. The number of fused-ring (bicyclic) bond motifs is 3. The summed E-state index contributed by atoms with van der Waals surface area (Å²) in [5.74, 6) is -1.06. The van der Waals surface area contributed by atoms with Gasteiger partial charge in [0, 0.05) is 31.5 Å². The van der Waals surface area contributed by atoms with E-state index in [0.717, 1.165) is 22.3 Å². The molecule has 2 N–H and O–H groups in total. The average molecular weight is 465 g/mol. The van der Waals surface area contributed by atoms with Crippen molar-refractivity contribution < 1.29 is 24.2 Å². The molecule has 0 aromatic heterocycles. The first-order valence-electron chi connectivity index (χ1n) is 11.8. The molecule has 0 radical (unpaired) electrons. The van der Waals surface area contributed by atoms with E-state index in [9.17, 15) is 19.5 Å². The van der Waals surface area contributed by atoms with E-state index in [0.29, 0.717) is 13.0 Å². The van der Waals surface area contributed by atoms with Crippen LogP contribution in [0.15, 0.2) is 48.5 Å². The molecule has 180 valence electrons. The topological polar surface area (TPSA) is 95.9 Å². The van der Waals surface area contributed by atoms with Crippen molar-refractivity contribution in [3.8, 4) is 11.1 Å². The lowest BCUT2D eigenvalue weighted by Crippen LogP contribution is -2.44. The van der Waals surface area contributed by atoms with Crippen molar-refractivity contribution >= 4 is 18.0 Å². The van der Waals surface area contributed by atoms with Crippen molar-refractivity contribution in [3.05, 3.63) is 59.7 Å². The number of hydrogen-bond acceptors (Lipinski definition) is 4. The van der Waals surface area contributed by atoms with Crippen LogP contribution < -0.4 is 5.32 Å². The summed E-state index contributed by atoms with van der Waals surface area (Å²) in [7, 11) is 0. The summed E-state index contributed by atoms with van der Waals surface area (Å²) in [5.41, 5.74) is 3.70. The Morgan fingerprint density at radius 1 is 1.09 bits per heavy atom. The lowest BCUT2D eigenvalue weighted by Gasteiger charge is -2.26. The molecule has 0 bridgehead atoms. The number of carbonyl (C=O) groups excluding carboxylic acids is 2. The van der Waals surface area contributed by atoms with Crippen molar-refractivity contribution in [2.24, 2.45) is 11.3 Å². The van der Waals surface area contributed by atoms with E-state index >= 15 is 0 Å². The standard InChI is InChI=1S/C27H32N2O5/c1-17(2)23(14-24(30)29-13-12-27(3,16-29)25(31)32)28-26(33)34-15-22-20-10-6-4-8-18(20)19-9-5-7-11-21(19)22/h4-11,17,22-23H,12-16H2,1-3H3,(H,28,33)(H,31,32)/t23-,27?/m0/s1. The van der Waals surface area contributed by atoms with Gasteiger partial charge in [0.05, 0.1) is 5.41 Å². The third-order valence-electron chi connectivity index (χ3n) is 7.19. The van der Waals surface area contributed by atoms with E-state index in [-0.39, 0.29) is 37.3 Å². The third kappa shape index (κ3) is 4.65. The SMILES string of the molecule is CC(C)[C@H](CC(=O)N1CCC(C)(C(=O)O)C1)NC(=O)OCC1c2ccccc2-c2ccccc21. The molecular weight excluding hydrogens is 432 g/mol. The Labute approximate surface area is 200 Å². The van der Waals surface area contributed by atoms with Gasteiger partial charge >= 0.3 is 12.1 Å². The third-order valence-corrected chi connectivity index (χ3v) is 7.19. The molecule has 0 spiro atoms. The number of nitrogens with zero attached hydrogens (tertiary/aromatic N) is 1. The highest BCUT2D eigenvalue weighted by Crippen LogP contribution is 2.44. The van der Waals surface area contributed by atoms with Crippen LogP contribution in [-0.4, -0.2) is 53.7 Å². The number of likely N-dealkylation sites (tertiary alicyclic amines) is 1. The summed E-state index contributed by atoms with van der Waals surface area (Å²) >= 11 is 0. The molecule has 0 saturated carbocycles. The number of nitrogens with one attached hydrogen (secondary N) is 1. The molecule has 1 heterocycles. The maximum atomic E-state index is 12.8. The number of amides is 2. The first-order valence-corrected chi connectivity index (χ1v) is 11.8. The van der Waals surface area contributed by atoms with Crippen LogP contribution >= 0.6 is 0 Å². The molecule has 2 aromatic carbocycles. The second-order valence-electron chi connectivity index (χ2n) is 9.96. The van der Waals surface area contributed by atoms with Gasteiger partial charge in [-0.1, -0.05) is 62.4 Å². The molecule has 2 amide bonds. The number of hydrogen-bond donors (Lipinski definition) is 2. The van der Waals surface area contributed by atoms with Crippen LogP contribution in [-0.2, 0) is 14.3 Å². The zero-order chi connectivity index (χ0) is 24.5. The van der Waals surface area contributed by atoms with E-state index in [4.69, 9.17) is 4.74 Å². The highest BCUT2D eigenvalue weighted by molar-refractivity contribution is 5.82. The fourth-order valence-corrected chi connectivity index (χ4v) is 4.91. The number of alkyl carbamates (subject to hydrolysis) is 1. The van der Waals surface area contributed by atoms with Gasteiger partial charge in [-0.05, 0) is 41.5 Å². The van der Waals surface area contributed by atoms with Crippen LogP contribution in [0.5, 0.6) is 0 Å². The van der Waals surface area contributed by atoms with Gasteiger partial charge in [0.1, 0.15) is 6.61 Å². The summed E-state index contributed by atoms with van der Waals surface area (Å²) in [6.45, 7) is 6.35. The van der Waals surface area contributed by atoms with E-state index in [2.05, 4.69) is 29.6 Å². The van der Waals surface area contributed by atoms with E-state index < -0.39 is 23.5 Å². The van der Waals surface area contributed by atoms with Crippen LogP contribution in [0.3, 0.4) is 0 Å². The number of rotatable bonds is 7. The number of ether oxygens (including phenoxy) is 1. The molecule has 1 aliphatic carbocycles. The fraction of sp³-hybridized carbons (Fsp3) is 0.444. The van der Waals surface area contributed by atoms with E-state index in [1.54, 1.807) is 11.8 Å². The number of carboxylic acid groups (broad SMARTS) is 1. The molecule has 1 unspecified atom stereocenters. The average Bonchev–Trinajstić information content (AvgIpc) is 3.37. The zero-order valence-corrected chi connectivity index (χ0v) is 19.9. The van der Waals surface area contributed by atoms with Crippen molar-refractivity contribution in [3.63, 3.8) is 0 Å². The highest BCUT2D eigenvalue weighted by Gasteiger charge is 2.42. The van der Waals surface area contributed by atoms with E-state index in [1.807, 2.05) is 38.1 Å². The predicted molar refractivity (Wildman–Crippen MR) is 128 cm³/mol. The normalized spacial score (nSPS) is 20.1. The molecule has 1 saturated heterocycles. The monoisotopic (exact) mass is 464 g/mol. The van der Waals surface area contributed by atoms with Crippen molar-refractivity contribution in [2.75, 3.05) is 19.7 Å². The van der Waals surface area contributed by atoms with Gasteiger partial charge in [0.25, 0.3) is 0 Å². The Kier molecular flexibility index (Phi) is 6.64. The molecule has 2 aromatic rings. The van der Waals surface area contributed by atoms with E-state index in [1.165, 1.54) is 0 Å². The Morgan fingerprint density at radius 2 is 1.68 bits per heavy atom. The Morgan fingerprint density at radius 3 is 2.21 bits per heavy atom. The Balaban J connectivity index is 1.36. The minimum absolute atomic E-state index is 0.0119. The van der Waals surface area contributed by atoms with Gasteiger partial charge in [-0.15, -0.1) is 0 Å². The fourth-order valence-electron chi connectivity index (χ4n) is 4.91. The van der Waals surface area contributed by atoms with Gasteiger partial charge in [-0.2, -0.15) is 0 Å². The molecule has 1 aliphatic heterocycles. The first kappa shape index (κ1) is 23.8. The summed E-state index contributed by atoms with van der Waals surface area (Å²) in [6, 6.07) is 15.9. The molecular formula is C27H32N2O5. The van der Waals surface area contributed by atoms with Gasteiger partial charge in [-0.3, -0.25) is 9.59 Å². The minimum atomic E-state index is -0.913. The van der Waals surface area contributed by atoms with Crippen LogP contribution in [0, 0.1) is 11.3 Å². The van der Waals surface area contributed by atoms with Crippen LogP contribution in [0.1, 0.15) is 50.7 Å². The van der Waals surface area contributed by atoms with Crippen LogP contribution in [0.2, 0.25) is 0 Å². The van der Waals surface area contributed by atoms with Crippen LogP contribution in [0.4, 0.5) is 4.79 Å². The summed E-state index contributed by atoms with van der Waals surface area (Å²) in [6.07, 6.45) is -0.0113. The summed E-state index contributed by atoms with van der Waals surface area (Å²) in [4.78, 5) is 38.6. The maximum absolute atomic E-state index is 12.8. The Bertz CT molecular complexity index is 1050. The number of carbonyl (C=O) groups is 3. The van der Waals surface area contributed by atoms with Gasteiger partial charge < -0.3 is 20.1 Å². The molecule has 4 rings (SSSR count). The molecule has 7 heteroatoms. The number of carboxylic acids is 1. The zero-order valence-electron chi connectivity index (χ0n) is 19.9. The quantitative estimate of drug-likeness (QED) is 0.638. The lowest BCUT2D eigenvalue weighted by atomic mass is 9.90. The van der Waals surface area contributed by atoms with Crippen molar-refractivity contribution in [2.45, 2.75) is 45.6 Å². The smallest absolute Gasteiger partial charge is 0.407 e. The second-order valence-corrected chi connectivity index (χ2v) is 9.96.